The highest BCUT2D eigenvalue weighted by Gasteiger charge is 2.20. The predicted molar refractivity (Wildman–Crippen MR) is 127 cm³/mol. The Balaban J connectivity index is 0.00000280. The Morgan fingerprint density at radius 2 is 1.79 bits per heavy atom. The molecule has 0 spiro atoms. The van der Waals surface area contributed by atoms with Crippen LogP contribution in [0.4, 0.5) is 5.95 Å². The number of hydrogen-bond acceptors (Lipinski definition) is 4. The summed E-state index contributed by atoms with van der Waals surface area (Å²) in [6.45, 7) is 7.43. The van der Waals surface area contributed by atoms with Crippen molar-refractivity contribution in [3.05, 3.63) is 53.3 Å². The first-order valence-corrected chi connectivity index (χ1v) is 9.93. The zero-order valence-electron chi connectivity index (χ0n) is 16.2. The van der Waals surface area contributed by atoms with E-state index in [1.807, 2.05) is 18.2 Å². The average Bonchev–Trinajstić information content (AvgIpc) is 2.72. The van der Waals surface area contributed by atoms with Crippen molar-refractivity contribution in [1.29, 1.82) is 0 Å². The van der Waals surface area contributed by atoms with Crippen molar-refractivity contribution >= 4 is 47.5 Å². The van der Waals surface area contributed by atoms with Gasteiger partial charge in [0.25, 0.3) is 0 Å². The molecule has 1 fully saturated rings. The Morgan fingerprint density at radius 3 is 2.43 bits per heavy atom. The van der Waals surface area contributed by atoms with Gasteiger partial charge in [-0.1, -0.05) is 23.7 Å². The number of guanidine groups is 1. The molecular weight excluding hydrogens is 487 g/mol. The molecule has 1 aromatic heterocycles. The summed E-state index contributed by atoms with van der Waals surface area (Å²) in [5.74, 6) is 1.81. The topological polar surface area (TPSA) is 56.7 Å². The van der Waals surface area contributed by atoms with Crippen molar-refractivity contribution < 1.29 is 0 Å². The molecule has 1 aliphatic rings. The van der Waals surface area contributed by atoms with Crippen LogP contribution in [0.1, 0.15) is 18.9 Å². The molecular formula is C20H28ClIN6. The van der Waals surface area contributed by atoms with Crippen LogP contribution in [-0.4, -0.2) is 60.1 Å². The van der Waals surface area contributed by atoms with Crippen molar-refractivity contribution in [1.82, 2.24) is 20.2 Å². The Kier molecular flexibility index (Phi) is 9.77. The van der Waals surface area contributed by atoms with Crippen LogP contribution >= 0.6 is 35.6 Å². The fourth-order valence-corrected chi connectivity index (χ4v) is 3.24. The molecule has 0 unspecified atom stereocenters. The highest BCUT2D eigenvalue weighted by molar-refractivity contribution is 14.0. The summed E-state index contributed by atoms with van der Waals surface area (Å²) in [7, 11) is 0. The molecule has 6 nitrogen and oxygen atoms in total. The summed E-state index contributed by atoms with van der Waals surface area (Å²) in [5.41, 5.74) is 1.30. The largest absolute Gasteiger partial charge is 0.357 e. The van der Waals surface area contributed by atoms with E-state index in [1.54, 1.807) is 12.4 Å². The number of anilines is 1. The van der Waals surface area contributed by atoms with Gasteiger partial charge < -0.3 is 15.1 Å². The molecule has 0 aliphatic carbocycles. The Morgan fingerprint density at radius 1 is 1.11 bits per heavy atom. The van der Waals surface area contributed by atoms with E-state index in [2.05, 4.69) is 44.1 Å². The summed E-state index contributed by atoms with van der Waals surface area (Å²) in [6.07, 6.45) is 5.62. The van der Waals surface area contributed by atoms with Crippen LogP contribution in [0.5, 0.6) is 0 Å². The predicted octanol–water partition coefficient (Wildman–Crippen LogP) is 3.47. The van der Waals surface area contributed by atoms with E-state index in [1.165, 1.54) is 5.56 Å². The number of nitrogens with one attached hydrogen (secondary N) is 1. The van der Waals surface area contributed by atoms with E-state index in [0.29, 0.717) is 0 Å². The van der Waals surface area contributed by atoms with Gasteiger partial charge in [0.1, 0.15) is 0 Å². The number of halogens is 2. The molecule has 152 valence electrons. The minimum Gasteiger partial charge on any atom is -0.357 e. The standard InChI is InChI=1S/C20H27ClN6.HI/c1-2-22-19(23-10-3-5-17-6-8-18(21)9-7-17)26-13-15-27(16-14-26)20-24-11-4-12-25-20;/h4,6-9,11-12H,2-3,5,10,13-16H2,1H3,(H,22,23);1H. The Labute approximate surface area is 189 Å². The van der Waals surface area contributed by atoms with Crippen LogP contribution in [0.2, 0.25) is 5.02 Å². The Bertz CT molecular complexity index is 717. The number of hydrogen-bond donors (Lipinski definition) is 1. The quantitative estimate of drug-likeness (QED) is 0.277. The summed E-state index contributed by atoms with van der Waals surface area (Å²) < 4.78 is 0. The normalized spacial score (nSPS) is 14.6. The average molecular weight is 515 g/mol. The molecule has 2 heterocycles. The maximum atomic E-state index is 5.94. The maximum Gasteiger partial charge on any atom is 0.225 e. The summed E-state index contributed by atoms with van der Waals surface area (Å²) >= 11 is 5.94. The molecule has 1 saturated heterocycles. The zero-order valence-corrected chi connectivity index (χ0v) is 19.3. The SMILES string of the molecule is CCNC(=NCCCc1ccc(Cl)cc1)N1CCN(c2ncccn2)CC1.I. The molecule has 8 heteroatoms. The summed E-state index contributed by atoms with van der Waals surface area (Å²) in [6, 6.07) is 9.91. The van der Waals surface area contributed by atoms with Gasteiger partial charge in [0.15, 0.2) is 5.96 Å². The van der Waals surface area contributed by atoms with E-state index < -0.39 is 0 Å². The second-order valence-corrected chi connectivity index (χ2v) is 6.93. The van der Waals surface area contributed by atoms with E-state index in [4.69, 9.17) is 16.6 Å². The first kappa shape index (κ1) is 22.7. The van der Waals surface area contributed by atoms with Gasteiger partial charge in [-0.15, -0.1) is 24.0 Å². The van der Waals surface area contributed by atoms with Gasteiger partial charge >= 0.3 is 0 Å². The van der Waals surface area contributed by atoms with Gasteiger partial charge in [-0.05, 0) is 43.5 Å². The molecule has 0 atom stereocenters. The van der Waals surface area contributed by atoms with Crippen molar-refractivity contribution in [3.8, 4) is 0 Å². The van der Waals surface area contributed by atoms with Gasteiger partial charge in [-0.25, -0.2) is 9.97 Å². The van der Waals surface area contributed by atoms with Gasteiger partial charge in [0.05, 0.1) is 0 Å². The lowest BCUT2D eigenvalue weighted by Gasteiger charge is -2.36. The van der Waals surface area contributed by atoms with Crippen molar-refractivity contribution in [2.45, 2.75) is 19.8 Å². The molecule has 28 heavy (non-hydrogen) atoms. The van der Waals surface area contributed by atoms with E-state index >= 15 is 0 Å². The lowest BCUT2D eigenvalue weighted by Crippen LogP contribution is -2.53. The highest BCUT2D eigenvalue weighted by Crippen LogP contribution is 2.12. The second kappa shape index (κ2) is 12.1. The third kappa shape index (κ3) is 6.77. The minimum absolute atomic E-state index is 0. The van der Waals surface area contributed by atoms with Crippen LogP contribution < -0.4 is 10.2 Å². The van der Waals surface area contributed by atoms with Crippen LogP contribution in [0.15, 0.2) is 47.7 Å². The first-order valence-electron chi connectivity index (χ1n) is 9.56. The zero-order chi connectivity index (χ0) is 18.9. The van der Waals surface area contributed by atoms with Gasteiger partial charge in [0.2, 0.25) is 5.95 Å². The second-order valence-electron chi connectivity index (χ2n) is 6.49. The van der Waals surface area contributed by atoms with Crippen LogP contribution in [-0.2, 0) is 6.42 Å². The number of nitrogens with zero attached hydrogens (tertiary/aromatic N) is 5. The number of rotatable bonds is 6. The molecule has 1 aromatic carbocycles. The van der Waals surface area contributed by atoms with Crippen LogP contribution in [0.3, 0.4) is 0 Å². The molecule has 3 rings (SSSR count). The molecule has 0 amide bonds. The molecule has 1 N–H and O–H groups in total. The van der Waals surface area contributed by atoms with Crippen molar-refractivity contribution in [3.63, 3.8) is 0 Å². The third-order valence-corrected chi connectivity index (χ3v) is 4.80. The van der Waals surface area contributed by atoms with E-state index in [-0.39, 0.29) is 24.0 Å². The summed E-state index contributed by atoms with van der Waals surface area (Å²) in [4.78, 5) is 18.1. The summed E-state index contributed by atoms with van der Waals surface area (Å²) in [5, 5.41) is 4.21. The lowest BCUT2D eigenvalue weighted by atomic mass is 10.1. The molecule has 2 aromatic rings. The number of aryl methyl sites for hydroxylation is 1. The van der Waals surface area contributed by atoms with E-state index in [9.17, 15) is 0 Å². The Hall–Kier alpha value is -1.61. The first-order chi connectivity index (χ1) is 13.3. The fraction of sp³-hybridized carbons (Fsp3) is 0.450. The van der Waals surface area contributed by atoms with Crippen LogP contribution in [0, 0.1) is 0 Å². The number of aliphatic imine (C=N–C) groups is 1. The third-order valence-electron chi connectivity index (χ3n) is 4.55. The highest BCUT2D eigenvalue weighted by atomic mass is 127. The molecule has 0 bridgehead atoms. The lowest BCUT2D eigenvalue weighted by molar-refractivity contribution is 0.370. The number of piperazine rings is 1. The maximum absolute atomic E-state index is 5.94. The molecule has 0 saturated carbocycles. The number of benzene rings is 1. The smallest absolute Gasteiger partial charge is 0.225 e. The van der Waals surface area contributed by atoms with Crippen LogP contribution in [0.25, 0.3) is 0 Å². The molecule has 1 aliphatic heterocycles. The van der Waals surface area contributed by atoms with Gasteiger partial charge in [0, 0.05) is 56.7 Å². The minimum atomic E-state index is 0. The van der Waals surface area contributed by atoms with Crippen molar-refractivity contribution in [2.75, 3.05) is 44.2 Å². The van der Waals surface area contributed by atoms with Gasteiger partial charge in [-0.3, -0.25) is 4.99 Å². The molecule has 0 radical (unpaired) electrons. The fourth-order valence-electron chi connectivity index (χ4n) is 3.12. The monoisotopic (exact) mass is 514 g/mol. The number of aromatic nitrogens is 2. The van der Waals surface area contributed by atoms with E-state index in [0.717, 1.165) is 69.0 Å². The van der Waals surface area contributed by atoms with Crippen molar-refractivity contribution in [2.24, 2.45) is 4.99 Å². The van der Waals surface area contributed by atoms with Gasteiger partial charge in [-0.2, -0.15) is 0 Å².